The van der Waals surface area contributed by atoms with Crippen LogP contribution in [0.5, 0.6) is 5.75 Å². The molecule has 0 saturated carbocycles. The molecular formula is C18H16FN3O2S. The molecule has 1 amide bonds. The zero-order valence-electron chi connectivity index (χ0n) is 13.5. The summed E-state index contributed by atoms with van der Waals surface area (Å²) in [5.74, 6) is 0.0359. The lowest BCUT2D eigenvalue weighted by Crippen LogP contribution is -2.14. The summed E-state index contributed by atoms with van der Waals surface area (Å²) in [7, 11) is 0. The fourth-order valence-electron chi connectivity index (χ4n) is 2.12. The van der Waals surface area contributed by atoms with Crippen molar-refractivity contribution in [2.24, 2.45) is 0 Å². The van der Waals surface area contributed by atoms with Crippen molar-refractivity contribution in [1.29, 1.82) is 0 Å². The molecule has 0 bridgehead atoms. The molecule has 0 aliphatic carbocycles. The largest absolute Gasteiger partial charge is 0.485 e. The SMILES string of the molecule is Cc1ccc(OCc2nc(CC(=O)Nc3cccc(F)c3)cs2)cn1. The third kappa shape index (κ3) is 5.09. The number of carbonyl (C=O) groups excluding carboxylic acids is 1. The Morgan fingerprint density at radius 3 is 2.96 bits per heavy atom. The third-order valence-corrected chi connectivity index (χ3v) is 4.17. The van der Waals surface area contributed by atoms with Crippen molar-refractivity contribution in [3.05, 3.63) is 70.2 Å². The standard InChI is InChI=1S/C18H16FN3O2S/c1-12-5-6-16(9-20-12)24-10-18-22-15(11-25-18)8-17(23)21-14-4-2-3-13(19)7-14/h2-7,9,11H,8,10H2,1H3,(H,21,23). The van der Waals surface area contributed by atoms with Gasteiger partial charge in [0.2, 0.25) is 5.91 Å². The molecular weight excluding hydrogens is 341 g/mol. The number of nitrogens with one attached hydrogen (secondary N) is 1. The number of carbonyl (C=O) groups is 1. The van der Waals surface area contributed by atoms with E-state index in [0.717, 1.165) is 10.7 Å². The van der Waals surface area contributed by atoms with E-state index < -0.39 is 5.82 Å². The van der Waals surface area contributed by atoms with Crippen molar-refractivity contribution in [3.8, 4) is 5.75 Å². The van der Waals surface area contributed by atoms with Gasteiger partial charge in [-0.1, -0.05) is 6.07 Å². The van der Waals surface area contributed by atoms with Crippen molar-refractivity contribution in [2.45, 2.75) is 20.0 Å². The second-order valence-electron chi connectivity index (χ2n) is 5.39. The minimum absolute atomic E-state index is 0.124. The summed E-state index contributed by atoms with van der Waals surface area (Å²) >= 11 is 1.43. The maximum atomic E-state index is 13.1. The topological polar surface area (TPSA) is 64.1 Å². The monoisotopic (exact) mass is 357 g/mol. The van der Waals surface area contributed by atoms with E-state index in [4.69, 9.17) is 4.74 Å². The maximum absolute atomic E-state index is 13.1. The Morgan fingerprint density at radius 1 is 1.32 bits per heavy atom. The Balaban J connectivity index is 1.52. The molecule has 0 atom stereocenters. The molecule has 3 rings (SSSR count). The molecule has 5 nitrogen and oxygen atoms in total. The third-order valence-electron chi connectivity index (χ3n) is 3.30. The molecule has 3 aromatic rings. The van der Waals surface area contributed by atoms with Crippen LogP contribution in [0.15, 0.2) is 48.0 Å². The summed E-state index contributed by atoms with van der Waals surface area (Å²) in [6, 6.07) is 9.50. The van der Waals surface area contributed by atoms with Crippen LogP contribution in [0.25, 0.3) is 0 Å². The lowest BCUT2D eigenvalue weighted by atomic mass is 10.3. The number of hydrogen-bond acceptors (Lipinski definition) is 5. The number of ether oxygens (including phenoxy) is 1. The van der Waals surface area contributed by atoms with Gasteiger partial charge in [0.1, 0.15) is 23.2 Å². The summed E-state index contributed by atoms with van der Waals surface area (Å²) in [5.41, 5.74) is 2.00. The van der Waals surface area contributed by atoms with Crippen LogP contribution in [0, 0.1) is 12.7 Å². The summed E-state index contributed by atoms with van der Waals surface area (Å²) in [4.78, 5) is 20.5. The Kier molecular flexibility index (Phi) is 5.35. The van der Waals surface area contributed by atoms with Crippen LogP contribution < -0.4 is 10.1 Å². The predicted octanol–water partition coefficient (Wildman–Crippen LogP) is 3.75. The van der Waals surface area contributed by atoms with Crippen LogP contribution >= 0.6 is 11.3 Å². The molecule has 1 N–H and O–H groups in total. The first-order valence-electron chi connectivity index (χ1n) is 7.62. The van der Waals surface area contributed by atoms with E-state index in [0.29, 0.717) is 23.7 Å². The van der Waals surface area contributed by atoms with E-state index in [-0.39, 0.29) is 12.3 Å². The van der Waals surface area contributed by atoms with Crippen molar-refractivity contribution < 1.29 is 13.9 Å². The minimum Gasteiger partial charge on any atom is -0.485 e. The number of aromatic nitrogens is 2. The molecule has 0 radical (unpaired) electrons. The molecule has 2 heterocycles. The van der Waals surface area contributed by atoms with Crippen LogP contribution in [-0.4, -0.2) is 15.9 Å². The van der Waals surface area contributed by atoms with Crippen molar-refractivity contribution in [1.82, 2.24) is 9.97 Å². The molecule has 0 saturated heterocycles. The van der Waals surface area contributed by atoms with Crippen molar-refractivity contribution in [3.63, 3.8) is 0 Å². The van der Waals surface area contributed by atoms with E-state index in [1.807, 2.05) is 24.4 Å². The number of thiazole rings is 1. The molecule has 2 aromatic heterocycles. The summed E-state index contributed by atoms with van der Waals surface area (Å²) in [6.07, 6.45) is 1.79. The number of benzene rings is 1. The van der Waals surface area contributed by atoms with Gasteiger partial charge in [-0.2, -0.15) is 0 Å². The molecule has 0 fully saturated rings. The first kappa shape index (κ1) is 17.0. The number of amides is 1. The second kappa shape index (κ2) is 7.85. The highest BCUT2D eigenvalue weighted by molar-refractivity contribution is 7.09. The minimum atomic E-state index is -0.392. The molecule has 1 aromatic carbocycles. The molecule has 0 aliphatic heterocycles. The second-order valence-corrected chi connectivity index (χ2v) is 6.33. The van der Waals surface area contributed by atoms with Gasteiger partial charge >= 0.3 is 0 Å². The lowest BCUT2D eigenvalue weighted by Gasteiger charge is -2.04. The fourth-order valence-corrected chi connectivity index (χ4v) is 2.82. The van der Waals surface area contributed by atoms with Crippen LogP contribution in [0.3, 0.4) is 0 Å². The molecule has 128 valence electrons. The molecule has 0 unspecified atom stereocenters. The Labute approximate surface area is 148 Å². The van der Waals surface area contributed by atoms with E-state index in [1.165, 1.54) is 23.5 Å². The van der Waals surface area contributed by atoms with Crippen LogP contribution in [-0.2, 0) is 17.8 Å². The average Bonchev–Trinajstić information content (AvgIpc) is 3.01. The summed E-state index contributed by atoms with van der Waals surface area (Å²) in [5, 5.41) is 5.24. The molecule has 7 heteroatoms. The Morgan fingerprint density at radius 2 is 2.20 bits per heavy atom. The number of rotatable bonds is 6. The van der Waals surface area contributed by atoms with Crippen molar-refractivity contribution in [2.75, 3.05) is 5.32 Å². The maximum Gasteiger partial charge on any atom is 0.230 e. The predicted molar refractivity (Wildman–Crippen MR) is 94.2 cm³/mol. The molecule has 0 aliphatic rings. The molecule has 25 heavy (non-hydrogen) atoms. The Bertz CT molecular complexity index is 865. The van der Waals surface area contributed by atoms with Gasteiger partial charge in [-0.05, 0) is 37.3 Å². The quantitative estimate of drug-likeness (QED) is 0.730. The van der Waals surface area contributed by atoms with Gasteiger partial charge in [-0.25, -0.2) is 9.37 Å². The van der Waals surface area contributed by atoms with E-state index >= 15 is 0 Å². The lowest BCUT2D eigenvalue weighted by molar-refractivity contribution is -0.115. The number of pyridine rings is 1. The highest BCUT2D eigenvalue weighted by Crippen LogP contribution is 2.16. The van der Waals surface area contributed by atoms with E-state index in [2.05, 4.69) is 15.3 Å². The van der Waals surface area contributed by atoms with Gasteiger partial charge in [0.25, 0.3) is 0 Å². The summed E-state index contributed by atoms with van der Waals surface area (Å²) < 4.78 is 18.7. The van der Waals surface area contributed by atoms with Gasteiger partial charge in [0.05, 0.1) is 18.3 Å². The van der Waals surface area contributed by atoms with Gasteiger partial charge in [-0.15, -0.1) is 11.3 Å². The number of aryl methyl sites for hydroxylation is 1. The zero-order valence-corrected chi connectivity index (χ0v) is 14.3. The Hall–Kier alpha value is -2.80. The number of hydrogen-bond donors (Lipinski definition) is 1. The van der Waals surface area contributed by atoms with Crippen LogP contribution in [0.2, 0.25) is 0 Å². The number of halogens is 1. The van der Waals surface area contributed by atoms with E-state index in [9.17, 15) is 9.18 Å². The number of nitrogens with zero attached hydrogens (tertiary/aromatic N) is 2. The van der Waals surface area contributed by atoms with Crippen LogP contribution in [0.1, 0.15) is 16.4 Å². The van der Waals surface area contributed by atoms with E-state index in [1.54, 1.807) is 18.3 Å². The number of anilines is 1. The normalized spacial score (nSPS) is 10.5. The highest BCUT2D eigenvalue weighted by Gasteiger charge is 2.09. The van der Waals surface area contributed by atoms with Gasteiger partial charge in [0, 0.05) is 16.8 Å². The average molecular weight is 357 g/mol. The van der Waals surface area contributed by atoms with Gasteiger partial charge in [0.15, 0.2) is 0 Å². The molecule has 0 spiro atoms. The first-order valence-corrected chi connectivity index (χ1v) is 8.50. The first-order chi connectivity index (χ1) is 12.1. The van der Waals surface area contributed by atoms with Gasteiger partial charge in [-0.3, -0.25) is 9.78 Å². The zero-order chi connectivity index (χ0) is 17.6. The highest BCUT2D eigenvalue weighted by atomic mass is 32.1. The van der Waals surface area contributed by atoms with Crippen molar-refractivity contribution >= 4 is 22.9 Å². The smallest absolute Gasteiger partial charge is 0.230 e. The fraction of sp³-hybridized carbons (Fsp3) is 0.167. The summed E-state index contributed by atoms with van der Waals surface area (Å²) in [6.45, 7) is 2.23. The van der Waals surface area contributed by atoms with Crippen LogP contribution in [0.4, 0.5) is 10.1 Å². The van der Waals surface area contributed by atoms with Gasteiger partial charge < -0.3 is 10.1 Å².